The second-order valence-corrected chi connectivity index (χ2v) is 4.74. The van der Waals surface area contributed by atoms with E-state index in [1.807, 2.05) is 6.92 Å². The maximum atomic E-state index is 11.8. The molecule has 94 valence electrons. The van der Waals surface area contributed by atoms with E-state index in [0.29, 0.717) is 5.92 Å². The molecule has 0 saturated heterocycles. The first-order valence-corrected chi connectivity index (χ1v) is 5.72. The number of hydrogen-bond acceptors (Lipinski definition) is 3. The Balaban J connectivity index is 2.69. The fraction of sp³-hybridized carbons (Fsp3) is 0.462. The average molecular weight is 237 g/mol. The van der Waals surface area contributed by atoms with Crippen molar-refractivity contribution in [2.24, 2.45) is 5.92 Å². The fourth-order valence-electron chi connectivity index (χ4n) is 1.80. The molecule has 0 radical (unpaired) electrons. The van der Waals surface area contributed by atoms with Gasteiger partial charge in [0.1, 0.15) is 11.5 Å². The van der Waals surface area contributed by atoms with Crippen molar-refractivity contribution in [3.05, 3.63) is 23.8 Å². The largest absolute Gasteiger partial charge is 0.508 e. The molecule has 17 heavy (non-hydrogen) atoms. The minimum Gasteiger partial charge on any atom is -0.508 e. The van der Waals surface area contributed by atoms with Crippen LogP contribution in [0.2, 0.25) is 0 Å². The van der Waals surface area contributed by atoms with Gasteiger partial charge in [-0.1, -0.05) is 13.8 Å². The molecule has 0 heterocycles. The van der Waals surface area contributed by atoms with E-state index in [9.17, 15) is 15.0 Å². The molecule has 0 spiro atoms. The van der Waals surface area contributed by atoms with Crippen molar-refractivity contribution in [3.63, 3.8) is 0 Å². The van der Waals surface area contributed by atoms with Crippen molar-refractivity contribution >= 4 is 5.91 Å². The van der Waals surface area contributed by atoms with Crippen LogP contribution in [-0.2, 0) is 0 Å². The molecular formula is C13H19NO3. The second-order valence-electron chi connectivity index (χ2n) is 4.74. The van der Waals surface area contributed by atoms with E-state index < -0.39 is 0 Å². The first kappa shape index (κ1) is 13.4. The summed E-state index contributed by atoms with van der Waals surface area (Å²) in [7, 11) is 0. The Bertz CT molecular complexity index is 381. The number of carbonyl (C=O) groups is 1. The molecule has 4 heteroatoms. The molecule has 3 N–H and O–H groups in total. The van der Waals surface area contributed by atoms with Gasteiger partial charge in [0.05, 0.1) is 0 Å². The monoisotopic (exact) mass is 237 g/mol. The highest BCUT2D eigenvalue weighted by Crippen LogP contribution is 2.20. The van der Waals surface area contributed by atoms with Crippen LogP contribution in [0.15, 0.2) is 18.2 Å². The molecule has 0 aliphatic carbocycles. The molecule has 0 fully saturated rings. The molecule has 0 bridgehead atoms. The minimum atomic E-state index is -0.288. The maximum absolute atomic E-state index is 11.8. The molecule has 0 aromatic heterocycles. The third-order valence-electron chi connectivity index (χ3n) is 2.37. The lowest BCUT2D eigenvalue weighted by Crippen LogP contribution is -2.33. The maximum Gasteiger partial charge on any atom is 0.251 e. The molecule has 1 rings (SSSR count). The predicted octanol–water partition coefficient (Wildman–Crippen LogP) is 2.26. The van der Waals surface area contributed by atoms with Crippen LogP contribution in [0, 0.1) is 5.92 Å². The first-order valence-electron chi connectivity index (χ1n) is 5.72. The third kappa shape index (κ3) is 4.34. The van der Waals surface area contributed by atoms with Gasteiger partial charge in [-0.05, 0) is 31.4 Å². The lowest BCUT2D eigenvalue weighted by atomic mass is 10.0. The molecule has 1 atom stereocenters. The molecule has 4 nitrogen and oxygen atoms in total. The zero-order valence-corrected chi connectivity index (χ0v) is 10.4. The topological polar surface area (TPSA) is 69.6 Å². The lowest BCUT2D eigenvalue weighted by Gasteiger charge is -2.16. The van der Waals surface area contributed by atoms with Gasteiger partial charge in [-0.15, -0.1) is 0 Å². The van der Waals surface area contributed by atoms with Crippen molar-refractivity contribution in [2.45, 2.75) is 33.2 Å². The number of aromatic hydroxyl groups is 2. The summed E-state index contributed by atoms with van der Waals surface area (Å²) in [6.07, 6.45) is 0.885. The normalized spacial score (nSPS) is 12.5. The number of amides is 1. The van der Waals surface area contributed by atoms with Gasteiger partial charge < -0.3 is 15.5 Å². The number of phenols is 2. The van der Waals surface area contributed by atoms with E-state index in [-0.39, 0.29) is 29.0 Å². The summed E-state index contributed by atoms with van der Waals surface area (Å²) < 4.78 is 0. The first-order chi connectivity index (χ1) is 7.88. The van der Waals surface area contributed by atoms with E-state index in [1.54, 1.807) is 0 Å². The summed E-state index contributed by atoms with van der Waals surface area (Å²) in [6.45, 7) is 6.10. The number of nitrogens with one attached hydrogen (secondary N) is 1. The number of carbonyl (C=O) groups excluding carboxylic acids is 1. The number of rotatable bonds is 4. The standard InChI is InChI=1S/C13H19NO3/c1-8(2)4-9(3)14-13(17)10-5-11(15)7-12(16)6-10/h5-9,15-16H,4H2,1-3H3,(H,14,17)/t9-/m1/s1. The summed E-state index contributed by atoms with van der Waals surface area (Å²) >= 11 is 0. The summed E-state index contributed by atoms with van der Waals surface area (Å²) in [5, 5.41) is 21.4. The summed E-state index contributed by atoms with van der Waals surface area (Å²) in [5.41, 5.74) is 0.262. The minimum absolute atomic E-state index is 0.0620. The lowest BCUT2D eigenvalue weighted by molar-refractivity contribution is 0.0935. The van der Waals surface area contributed by atoms with E-state index in [0.717, 1.165) is 6.42 Å². The van der Waals surface area contributed by atoms with Gasteiger partial charge in [0, 0.05) is 17.7 Å². The fourth-order valence-corrected chi connectivity index (χ4v) is 1.80. The van der Waals surface area contributed by atoms with Crippen LogP contribution in [-0.4, -0.2) is 22.2 Å². The zero-order valence-electron chi connectivity index (χ0n) is 10.4. The molecule has 1 aromatic rings. The Labute approximate surface area is 101 Å². The van der Waals surface area contributed by atoms with Gasteiger partial charge in [-0.3, -0.25) is 4.79 Å². The summed E-state index contributed by atoms with van der Waals surface area (Å²) in [6, 6.07) is 3.91. The van der Waals surface area contributed by atoms with Crippen LogP contribution >= 0.6 is 0 Å². The van der Waals surface area contributed by atoms with Gasteiger partial charge in [0.25, 0.3) is 5.91 Å². The van der Waals surface area contributed by atoms with Gasteiger partial charge in [-0.25, -0.2) is 0 Å². The summed E-state index contributed by atoms with van der Waals surface area (Å²) in [4.78, 5) is 11.8. The number of phenolic OH excluding ortho intramolecular Hbond substituents is 2. The van der Waals surface area contributed by atoms with Crippen LogP contribution in [0.3, 0.4) is 0 Å². The quantitative estimate of drug-likeness (QED) is 0.752. The Morgan fingerprint density at radius 1 is 1.18 bits per heavy atom. The third-order valence-corrected chi connectivity index (χ3v) is 2.37. The summed E-state index contributed by atoms with van der Waals surface area (Å²) in [5.74, 6) is -0.0226. The average Bonchev–Trinajstić information content (AvgIpc) is 2.14. The van der Waals surface area contributed by atoms with Crippen molar-refractivity contribution in [3.8, 4) is 11.5 Å². The van der Waals surface area contributed by atoms with Crippen LogP contribution in [0.25, 0.3) is 0 Å². The highest BCUT2D eigenvalue weighted by atomic mass is 16.3. The Hall–Kier alpha value is -1.71. The predicted molar refractivity (Wildman–Crippen MR) is 66.2 cm³/mol. The zero-order chi connectivity index (χ0) is 13.0. The van der Waals surface area contributed by atoms with Crippen LogP contribution in [0.5, 0.6) is 11.5 Å². The van der Waals surface area contributed by atoms with Crippen molar-refractivity contribution in [2.75, 3.05) is 0 Å². The van der Waals surface area contributed by atoms with Crippen molar-refractivity contribution in [1.82, 2.24) is 5.32 Å². The van der Waals surface area contributed by atoms with Crippen LogP contribution < -0.4 is 5.32 Å². The molecular weight excluding hydrogens is 218 g/mol. The van der Waals surface area contributed by atoms with Gasteiger partial charge in [0.2, 0.25) is 0 Å². The Morgan fingerprint density at radius 3 is 2.18 bits per heavy atom. The van der Waals surface area contributed by atoms with Gasteiger partial charge in [0.15, 0.2) is 0 Å². The Kier molecular flexibility index (Phi) is 4.37. The highest BCUT2D eigenvalue weighted by Gasteiger charge is 2.12. The van der Waals surface area contributed by atoms with Crippen molar-refractivity contribution in [1.29, 1.82) is 0 Å². The highest BCUT2D eigenvalue weighted by molar-refractivity contribution is 5.95. The van der Waals surface area contributed by atoms with Crippen LogP contribution in [0.4, 0.5) is 0 Å². The van der Waals surface area contributed by atoms with E-state index >= 15 is 0 Å². The van der Waals surface area contributed by atoms with Crippen molar-refractivity contribution < 1.29 is 15.0 Å². The van der Waals surface area contributed by atoms with E-state index in [4.69, 9.17) is 0 Å². The molecule has 0 unspecified atom stereocenters. The van der Waals surface area contributed by atoms with Gasteiger partial charge >= 0.3 is 0 Å². The smallest absolute Gasteiger partial charge is 0.251 e. The number of benzene rings is 1. The second kappa shape index (κ2) is 5.57. The SMILES string of the molecule is CC(C)C[C@@H](C)NC(=O)c1cc(O)cc(O)c1. The van der Waals surface area contributed by atoms with E-state index in [2.05, 4.69) is 19.2 Å². The van der Waals surface area contributed by atoms with Crippen LogP contribution in [0.1, 0.15) is 37.6 Å². The molecule has 0 aliphatic rings. The molecule has 0 aliphatic heterocycles. The Morgan fingerprint density at radius 2 is 1.71 bits per heavy atom. The number of hydrogen-bond donors (Lipinski definition) is 3. The molecule has 0 saturated carbocycles. The molecule has 1 amide bonds. The molecule has 1 aromatic carbocycles. The van der Waals surface area contributed by atoms with Gasteiger partial charge in [-0.2, -0.15) is 0 Å². The van der Waals surface area contributed by atoms with E-state index in [1.165, 1.54) is 18.2 Å².